The topological polar surface area (TPSA) is 48.9 Å². The summed E-state index contributed by atoms with van der Waals surface area (Å²) in [7, 11) is 1.72. The Morgan fingerprint density at radius 1 is 1.18 bits per heavy atom. The summed E-state index contributed by atoms with van der Waals surface area (Å²) in [6, 6.07) is 16.8. The molecule has 150 valence electrons. The van der Waals surface area contributed by atoms with Crippen molar-refractivity contribution in [2.75, 3.05) is 38.2 Å². The van der Waals surface area contributed by atoms with E-state index < -0.39 is 0 Å². The molecule has 28 heavy (non-hydrogen) atoms. The van der Waals surface area contributed by atoms with Crippen molar-refractivity contribution in [2.24, 2.45) is 10.9 Å². The molecule has 2 aromatic carbocycles. The van der Waals surface area contributed by atoms with E-state index in [2.05, 4.69) is 71.8 Å². The number of rotatable bonds is 7. The summed E-state index contributed by atoms with van der Waals surface area (Å²) < 4.78 is 5.35. The lowest BCUT2D eigenvalue weighted by atomic mass is 10.1. The van der Waals surface area contributed by atoms with Gasteiger partial charge in [-0.1, -0.05) is 35.9 Å². The van der Waals surface area contributed by atoms with Crippen molar-refractivity contribution in [3.05, 3.63) is 59.7 Å². The van der Waals surface area contributed by atoms with Crippen LogP contribution in [0.1, 0.15) is 24.5 Å². The van der Waals surface area contributed by atoms with Crippen molar-refractivity contribution in [3.8, 4) is 5.75 Å². The maximum Gasteiger partial charge on any atom is 0.191 e. The Labute approximate surface area is 168 Å². The molecule has 1 aliphatic rings. The quantitative estimate of drug-likeness (QED) is 0.569. The van der Waals surface area contributed by atoms with Gasteiger partial charge >= 0.3 is 0 Å². The number of methoxy groups -OCH3 is 1. The van der Waals surface area contributed by atoms with Crippen LogP contribution in [0.3, 0.4) is 0 Å². The van der Waals surface area contributed by atoms with Crippen LogP contribution >= 0.6 is 0 Å². The first-order valence-corrected chi connectivity index (χ1v) is 10.1. The number of aliphatic imine (C=N–C) groups is 1. The number of hydrogen-bond acceptors (Lipinski definition) is 3. The monoisotopic (exact) mass is 380 g/mol. The molecule has 5 heteroatoms. The molecule has 0 aliphatic carbocycles. The van der Waals surface area contributed by atoms with Gasteiger partial charge in [0.2, 0.25) is 0 Å². The maximum atomic E-state index is 5.35. The number of benzene rings is 2. The third-order valence-corrected chi connectivity index (χ3v) is 5.11. The normalized spacial score (nSPS) is 16.9. The molecular formula is C23H32N4O. The number of guanidine groups is 1. The van der Waals surface area contributed by atoms with E-state index in [4.69, 9.17) is 9.73 Å². The summed E-state index contributed by atoms with van der Waals surface area (Å²) in [5.41, 5.74) is 3.75. The number of hydrogen-bond donors (Lipinski definition) is 2. The lowest BCUT2D eigenvalue weighted by Crippen LogP contribution is -2.40. The van der Waals surface area contributed by atoms with Gasteiger partial charge in [0.15, 0.2) is 5.96 Å². The summed E-state index contributed by atoms with van der Waals surface area (Å²) in [6.45, 7) is 8.83. The van der Waals surface area contributed by atoms with Crippen LogP contribution in [0.25, 0.3) is 0 Å². The lowest BCUT2D eigenvalue weighted by Gasteiger charge is -2.20. The molecule has 1 saturated heterocycles. The highest BCUT2D eigenvalue weighted by atomic mass is 16.5. The van der Waals surface area contributed by atoms with Crippen molar-refractivity contribution < 1.29 is 4.74 Å². The molecule has 0 bridgehead atoms. The van der Waals surface area contributed by atoms with Crippen molar-refractivity contribution >= 4 is 11.6 Å². The van der Waals surface area contributed by atoms with Crippen LogP contribution in [0.2, 0.25) is 0 Å². The lowest BCUT2D eigenvalue weighted by molar-refractivity contribution is 0.415. The van der Waals surface area contributed by atoms with Crippen LogP contribution in [0.5, 0.6) is 5.75 Å². The number of nitrogens with zero attached hydrogens (tertiary/aromatic N) is 2. The molecule has 2 aromatic rings. The van der Waals surface area contributed by atoms with E-state index in [1.807, 2.05) is 6.07 Å². The Bertz CT molecular complexity index is 790. The van der Waals surface area contributed by atoms with E-state index in [-0.39, 0.29) is 0 Å². The Morgan fingerprint density at radius 2 is 2.04 bits per heavy atom. The Balaban J connectivity index is 1.53. The summed E-state index contributed by atoms with van der Waals surface area (Å²) in [5, 5.41) is 6.89. The van der Waals surface area contributed by atoms with Gasteiger partial charge in [-0.2, -0.15) is 0 Å². The van der Waals surface area contributed by atoms with Gasteiger partial charge in [0, 0.05) is 37.9 Å². The van der Waals surface area contributed by atoms with E-state index in [9.17, 15) is 0 Å². The average Bonchev–Trinajstić information content (AvgIpc) is 3.19. The minimum atomic E-state index is 0.606. The van der Waals surface area contributed by atoms with Gasteiger partial charge < -0.3 is 20.3 Å². The van der Waals surface area contributed by atoms with Crippen molar-refractivity contribution in [3.63, 3.8) is 0 Å². The predicted octanol–water partition coefficient (Wildman–Crippen LogP) is 3.59. The molecule has 0 spiro atoms. The zero-order valence-corrected chi connectivity index (χ0v) is 17.2. The molecule has 0 radical (unpaired) electrons. The standard InChI is InChI=1S/C23H32N4O/c1-4-24-23(25-15-19-8-5-7-18(2)13-19)26-16-20-11-12-27(17-20)21-9-6-10-22(14-21)28-3/h5-10,13-14,20H,4,11-12,15-17H2,1-3H3,(H2,24,25,26). The zero-order chi connectivity index (χ0) is 19.8. The molecule has 0 aromatic heterocycles. The van der Waals surface area contributed by atoms with Crippen LogP contribution in [0, 0.1) is 12.8 Å². The van der Waals surface area contributed by atoms with Gasteiger partial charge in [-0.15, -0.1) is 0 Å². The smallest absolute Gasteiger partial charge is 0.191 e. The highest BCUT2D eigenvalue weighted by Crippen LogP contribution is 2.26. The molecule has 1 aliphatic heterocycles. The van der Waals surface area contributed by atoms with Crippen LogP contribution in [0.4, 0.5) is 5.69 Å². The third kappa shape index (κ3) is 5.65. The van der Waals surface area contributed by atoms with Crippen LogP contribution < -0.4 is 20.3 Å². The molecule has 3 rings (SSSR count). The van der Waals surface area contributed by atoms with Crippen molar-refractivity contribution in [1.29, 1.82) is 0 Å². The Hall–Kier alpha value is -2.69. The summed E-state index contributed by atoms with van der Waals surface area (Å²) in [6.07, 6.45) is 1.18. The van der Waals surface area contributed by atoms with Crippen molar-refractivity contribution in [1.82, 2.24) is 10.6 Å². The fourth-order valence-corrected chi connectivity index (χ4v) is 3.60. The van der Waals surface area contributed by atoms with Crippen LogP contribution in [-0.4, -0.2) is 39.2 Å². The Morgan fingerprint density at radius 3 is 2.82 bits per heavy atom. The highest BCUT2D eigenvalue weighted by molar-refractivity contribution is 5.79. The van der Waals surface area contributed by atoms with E-state index >= 15 is 0 Å². The van der Waals surface area contributed by atoms with E-state index in [0.717, 1.165) is 37.9 Å². The molecule has 0 saturated carbocycles. The second-order valence-corrected chi connectivity index (χ2v) is 7.37. The number of nitrogens with one attached hydrogen (secondary N) is 2. The number of anilines is 1. The first-order valence-electron chi connectivity index (χ1n) is 10.1. The van der Waals surface area contributed by atoms with Gasteiger partial charge in [0.25, 0.3) is 0 Å². The molecule has 1 heterocycles. The molecule has 1 fully saturated rings. The van der Waals surface area contributed by atoms with Crippen LogP contribution in [0.15, 0.2) is 53.5 Å². The Kier molecular flexibility index (Phi) is 7.18. The fourth-order valence-electron chi connectivity index (χ4n) is 3.60. The van der Waals surface area contributed by atoms with Crippen LogP contribution in [-0.2, 0) is 6.54 Å². The highest BCUT2D eigenvalue weighted by Gasteiger charge is 2.23. The molecular weight excluding hydrogens is 348 g/mol. The molecule has 0 amide bonds. The van der Waals surface area contributed by atoms with Gasteiger partial charge in [0.1, 0.15) is 5.75 Å². The van der Waals surface area contributed by atoms with Gasteiger partial charge in [-0.05, 0) is 43.9 Å². The number of ether oxygens (including phenoxy) is 1. The zero-order valence-electron chi connectivity index (χ0n) is 17.2. The van der Waals surface area contributed by atoms with E-state index in [1.165, 1.54) is 23.2 Å². The SMILES string of the molecule is CCNC(=NCc1cccc(C)c1)NCC1CCN(c2cccc(OC)c2)C1. The summed E-state index contributed by atoms with van der Waals surface area (Å²) in [4.78, 5) is 7.19. The second kappa shape index (κ2) is 10.0. The van der Waals surface area contributed by atoms with Gasteiger partial charge in [0.05, 0.1) is 13.7 Å². The van der Waals surface area contributed by atoms with Crippen molar-refractivity contribution in [2.45, 2.75) is 26.8 Å². The van der Waals surface area contributed by atoms with Gasteiger partial charge in [-0.3, -0.25) is 0 Å². The molecule has 1 unspecified atom stereocenters. The van der Waals surface area contributed by atoms with E-state index in [1.54, 1.807) is 7.11 Å². The first-order chi connectivity index (χ1) is 13.7. The maximum absolute atomic E-state index is 5.35. The second-order valence-electron chi connectivity index (χ2n) is 7.37. The molecule has 2 N–H and O–H groups in total. The first kappa shape index (κ1) is 20.1. The molecule has 1 atom stereocenters. The fraction of sp³-hybridized carbons (Fsp3) is 0.435. The van der Waals surface area contributed by atoms with E-state index in [0.29, 0.717) is 12.5 Å². The third-order valence-electron chi connectivity index (χ3n) is 5.11. The summed E-state index contributed by atoms with van der Waals surface area (Å²) in [5.74, 6) is 2.41. The predicted molar refractivity (Wildman–Crippen MR) is 117 cm³/mol. The average molecular weight is 381 g/mol. The molecule has 5 nitrogen and oxygen atoms in total. The summed E-state index contributed by atoms with van der Waals surface area (Å²) >= 11 is 0. The minimum absolute atomic E-state index is 0.606. The minimum Gasteiger partial charge on any atom is -0.497 e. The van der Waals surface area contributed by atoms with Gasteiger partial charge in [-0.25, -0.2) is 4.99 Å². The largest absolute Gasteiger partial charge is 0.497 e. The number of aryl methyl sites for hydroxylation is 1.